The molecule has 2 heterocycles. The van der Waals surface area contributed by atoms with Crippen molar-refractivity contribution in [3.63, 3.8) is 0 Å². The third-order valence-electron chi connectivity index (χ3n) is 2.74. The van der Waals surface area contributed by atoms with E-state index in [4.69, 9.17) is 0 Å². The van der Waals surface area contributed by atoms with Crippen molar-refractivity contribution in [1.82, 2.24) is 15.2 Å². The first-order chi connectivity index (χ1) is 9.00. The fraction of sp³-hybridized carbons (Fsp3) is 0.385. The van der Waals surface area contributed by atoms with E-state index in [-0.39, 0.29) is 23.7 Å². The number of pyridine rings is 1. The highest BCUT2D eigenvalue weighted by Gasteiger charge is 2.37. The van der Waals surface area contributed by atoms with Crippen LogP contribution in [0, 0.1) is 5.92 Å². The summed E-state index contributed by atoms with van der Waals surface area (Å²) in [5.41, 5.74) is 0.369. The van der Waals surface area contributed by atoms with Crippen LogP contribution in [-0.2, 0) is 4.79 Å². The molecule has 1 aliphatic heterocycles. The molecule has 0 aliphatic carbocycles. The summed E-state index contributed by atoms with van der Waals surface area (Å²) in [6.45, 7) is 4.18. The number of hydrogen-bond acceptors (Lipinski definition) is 4. The first kappa shape index (κ1) is 13.2. The van der Waals surface area contributed by atoms with E-state index in [1.54, 1.807) is 6.07 Å². The topological polar surface area (TPSA) is 79.4 Å². The average Bonchev–Trinajstić information content (AvgIpc) is 2.62. The van der Waals surface area contributed by atoms with E-state index in [2.05, 4.69) is 10.3 Å². The zero-order valence-electron chi connectivity index (χ0n) is 10.8. The molecule has 0 fully saturated rings. The number of imide groups is 1. The van der Waals surface area contributed by atoms with E-state index >= 15 is 0 Å². The van der Waals surface area contributed by atoms with Crippen molar-refractivity contribution >= 4 is 17.7 Å². The number of amides is 3. The van der Waals surface area contributed by atoms with Crippen LogP contribution < -0.4 is 5.32 Å². The number of nitrogens with one attached hydrogen (secondary N) is 1. The molecule has 0 bridgehead atoms. The van der Waals surface area contributed by atoms with Gasteiger partial charge >= 0.3 is 0 Å². The molecule has 0 radical (unpaired) electrons. The van der Waals surface area contributed by atoms with Gasteiger partial charge in [-0.3, -0.25) is 24.3 Å². The van der Waals surface area contributed by atoms with Crippen LogP contribution in [0.2, 0.25) is 0 Å². The lowest BCUT2D eigenvalue weighted by molar-refractivity contribution is -0.121. The second kappa shape index (κ2) is 5.17. The van der Waals surface area contributed by atoms with Gasteiger partial charge < -0.3 is 5.32 Å². The van der Waals surface area contributed by atoms with Gasteiger partial charge in [-0.05, 0) is 18.1 Å². The largest absolute Gasteiger partial charge is 0.354 e. The van der Waals surface area contributed by atoms with Gasteiger partial charge in [0.05, 0.1) is 5.56 Å². The van der Waals surface area contributed by atoms with Gasteiger partial charge in [0, 0.05) is 12.7 Å². The Morgan fingerprint density at radius 2 is 2.11 bits per heavy atom. The molecule has 0 atom stereocenters. The molecule has 0 saturated carbocycles. The summed E-state index contributed by atoms with van der Waals surface area (Å²) in [7, 11) is 0. The monoisotopic (exact) mass is 261 g/mol. The van der Waals surface area contributed by atoms with Gasteiger partial charge in [-0.25, -0.2) is 0 Å². The molecule has 2 rings (SSSR count). The van der Waals surface area contributed by atoms with E-state index < -0.39 is 11.8 Å². The van der Waals surface area contributed by atoms with Gasteiger partial charge in [-0.2, -0.15) is 0 Å². The van der Waals surface area contributed by atoms with Crippen LogP contribution in [0.4, 0.5) is 0 Å². The van der Waals surface area contributed by atoms with E-state index in [0.717, 1.165) is 4.90 Å². The Morgan fingerprint density at radius 1 is 1.37 bits per heavy atom. The lowest BCUT2D eigenvalue weighted by Gasteiger charge is -2.14. The Kier molecular flexibility index (Phi) is 3.59. The number of aromatic nitrogens is 1. The number of hydrogen-bond donors (Lipinski definition) is 1. The minimum atomic E-state index is -0.514. The summed E-state index contributed by atoms with van der Waals surface area (Å²) in [5, 5.41) is 2.67. The summed E-state index contributed by atoms with van der Waals surface area (Å²) in [4.78, 5) is 40.4. The molecule has 3 amide bonds. The van der Waals surface area contributed by atoms with Crippen LogP contribution in [-0.4, -0.2) is 40.7 Å². The van der Waals surface area contributed by atoms with Crippen LogP contribution in [0.1, 0.15) is 34.7 Å². The van der Waals surface area contributed by atoms with Gasteiger partial charge in [-0.1, -0.05) is 13.8 Å². The molecule has 6 heteroatoms. The number of carbonyl (C=O) groups excluding carboxylic acids is 3. The van der Waals surface area contributed by atoms with Crippen LogP contribution >= 0.6 is 0 Å². The fourth-order valence-corrected chi connectivity index (χ4v) is 1.77. The minimum Gasteiger partial charge on any atom is -0.354 e. The SMILES string of the molecule is CC(C)CNC(=O)CN1C(=O)c2cccnc2C1=O. The van der Waals surface area contributed by atoms with Crippen LogP contribution in [0.25, 0.3) is 0 Å². The maximum Gasteiger partial charge on any atom is 0.280 e. The van der Waals surface area contributed by atoms with Gasteiger partial charge in [0.25, 0.3) is 11.8 Å². The lowest BCUT2D eigenvalue weighted by atomic mass is 10.2. The Labute approximate surface area is 110 Å². The maximum absolute atomic E-state index is 12.0. The normalized spacial score (nSPS) is 13.9. The van der Waals surface area contributed by atoms with Crippen molar-refractivity contribution in [2.75, 3.05) is 13.1 Å². The van der Waals surface area contributed by atoms with Crippen LogP contribution in [0.3, 0.4) is 0 Å². The molecule has 0 unspecified atom stereocenters. The minimum absolute atomic E-state index is 0.115. The summed E-state index contributed by atoms with van der Waals surface area (Å²) in [6.07, 6.45) is 1.45. The number of rotatable bonds is 4. The van der Waals surface area contributed by atoms with Gasteiger partial charge in [0.2, 0.25) is 5.91 Å². The molecule has 19 heavy (non-hydrogen) atoms. The first-order valence-corrected chi connectivity index (χ1v) is 6.08. The molecular formula is C13H15N3O3. The molecule has 0 aromatic carbocycles. The summed E-state index contributed by atoms with van der Waals surface area (Å²) >= 11 is 0. The molecule has 6 nitrogen and oxygen atoms in total. The number of nitrogens with zero attached hydrogens (tertiary/aromatic N) is 2. The average molecular weight is 261 g/mol. The van der Waals surface area contributed by atoms with Crippen molar-refractivity contribution in [2.45, 2.75) is 13.8 Å². The van der Waals surface area contributed by atoms with Crippen molar-refractivity contribution in [1.29, 1.82) is 0 Å². The molecule has 0 saturated heterocycles. The maximum atomic E-state index is 12.0. The Balaban J connectivity index is 2.06. The molecule has 1 N–H and O–H groups in total. The lowest BCUT2D eigenvalue weighted by Crippen LogP contribution is -2.41. The summed E-state index contributed by atoms with van der Waals surface area (Å²) < 4.78 is 0. The highest BCUT2D eigenvalue weighted by molar-refractivity contribution is 6.21. The van der Waals surface area contributed by atoms with Gasteiger partial charge in [-0.15, -0.1) is 0 Å². The fourth-order valence-electron chi connectivity index (χ4n) is 1.77. The van der Waals surface area contributed by atoms with Crippen LogP contribution in [0.15, 0.2) is 18.3 Å². The zero-order valence-corrected chi connectivity index (χ0v) is 10.8. The molecular weight excluding hydrogens is 246 g/mol. The third-order valence-corrected chi connectivity index (χ3v) is 2.74. The second-order valence-electron chi connectivity index (χ2n) is 4.79. The van der Waals surface area contributed by atoms with E-state index in [1.807, 2.05) is 13.8 Å². The van der Waals surface area contributed by atoms with Crippen molar-refractivity contribution in [3.05, 3.63) is 29.6 Å². The Hall–Kier alpha value is -2.24. The zero-order chi connectivity index (χ0) is 14.0. The summed E-state index contributed by atoms with van der Waals surface area (Å²) in [5.74, 6) is -1.01. The highest BCUT2D eigenvalue weighted by atomic mass is 16.2. The van der Waals surface area contributed by atoms with Crippen molar-refractivity contribution in [2.24, 2.45) is 5.92 Å². The molecule has 1 aromatic rings. The van der Waals surface area contributed by atoms with E-state index in [0.29, 0.717) is 12.5 Å². The highest BCUT2D eigenvalue weighted by Crippen LogP contribution is 2.19. The van der Waals surface area contributed by atoms with Crippen molar-refractivity contribution < 1.29 is 14.4 Å². The number of carbonyl (C=O) groups is 3. The Morgan fingerprint density at radius 3 is 2.74 bits per heavy atom. The third kappa shape index (κ3) is 2.62. The van der Waals surface area contributed by atoms with Crippen LogP contribution in [0.5, 0.6) is 0 Å². The Bertz CT molecular complexity index is 505. The molecule has 1 aromatic heterocycles. The van der Waals surface area contributed by atoms with E-state index in [9.17, 15) is 14.4 Å². The smallest absolute Gasteiger partial charge is 0.280 e. The van der Waals surface area contributed by atoms with Gasteiger partial charge in [0.15, 0.2) is 0 Å². The summed E-state index contributed by atoms with van der Waals surface area (Å²) in [6, 6.07) is 3.13. The van der Waals surface area contributed by atoms with E-state index in [1.165, 1.54) is 12.3 Å². The molecule has 1 aliphatic rings. The second-order valence-corrected chi connectivity index (χ2v) is 4.79. The quantitative estimate of drug-likeness (QED) is 0.798. The molecule has 0 spiro atoms. The molecule has 100 valence electrons. The van der Waals surface area contributed by atoms with Crippen molar-refractivity contribution in [3.8, 4) is 0 Å². The predicted octanol–water partition coefficient (Wildman–Crippen LogP) is 0.450. The van der Waals surface area contributed by atoms with Gasteiger partial charge in [0.1, 0.15) is 12.2 Å². The number of fused-ring (bicyclic) bond motifs is 1. The predicted molar refractivity (Wildman–Crippen MR) is 67.5 cm³/mol. The standard InChI is InChI=1S/C13H15N3O3/c1-8(2)6-15-10(17)7-16-12(18)9-4-3-5-14-11(9)13(16)19/h3-5,8H,6-7H2,1-2H3,(H,15,17). The first-order valence-electron chi connectivity index (χ1n) is 6.08.